The van der Waals surface area contributed by atoms with E-state index in [-0.39, 0.29) is 5.91 Å². The third-order valence-corrected chi connectivity index (χ3v) is 2.99. The molecule has 3 N–H and O–H groups in total. The molecule has 0 spiro atoms. The molecule has 0 bridgehead atoms. The van der Waals surface area contributed by atoms with Crippen molar-refractivity contribution < 1.29 is 4.79 Å². The average Bonchev–Trinajstić information content (AvgIpc) is 2.96. The largest absolute Gasteiger partial charge is 0.384 e. The number of nitrogens with one attached hydrogen (secondary N) is 3. The molecule has 0 fully saturated rings. The molecule has 1 aromatic heterocycles. The normalized spacial score (nSPS) is 10.3. The van der Waals surface area contributed by atoms with Crippen LogP contribution in [0.5, 0.6) is 0 Å². The van der Waals surface area contributed by atoms with Crippen molar-refractivity contribution in [3.63, 3.8) is 0 Å². The summed E-state index contributed by atoms with van der Waals surface area (Å²) in [5.41, 5.74) is 3.58. The Morgan fingerprint density at radius 1 is 1.40 bits per heavy atom. The van der Waals surface area contributed by atoms with E-state index < -0.39 is 0 Å². The van der Waals surface area contributed by atoms with E-state index in [4.69, 9.17) is 0 Å². The molecular formula is C15H20N4O. The minimum absolute atomic E-state index is 0.0755. The fourth-order valence-electron chi connectivity index (χ4n) is 1.91. The van der Waals surface area contributed by atoms with E-state index in [1.807, 2.05) is 25.1 Å². The van der Waals surface area contributed by atoms with Crippen LogP contribution in [-0.4, -0.2) is 22.6 Å². The molecule has 5 nitrogen and oxygen atoms in total. The van der Waals surface area contributed by atoms with Gasteiger partial charge < -0.3 is 10.6 Å². The van der Waals surface area contributed by atoms with Gasteiger partial charge in [-0.05, 0) is 25.5 Å². The maximum Gasteiger partial charge on any atom is 0.253 e. The number of aromatic nitrogens is 2. The lowest BCUT2D eigenvalue weighted by Crippen LogP contribution is -2.24. The number of aromatic amines is 1. The molecule has 2 aromatic rings. The quantitative estimate of drug-likeness (QED) is 0.756. The van der Waals surface area contributed by atoms with Gasteiger partial charge in [-0.2, -0.15) is 5.10 Å². The third kappa shape index (κ3) is 3.60. The lowest BCUT2D eigenvalue weighted by molar-refractivity contribution is 0.0951. The van der Waals surface area contributed by atoms with E-state index in [0.29, 0.717) is 12.1 Å². The van der Waals surface area contributed by atoms with E-state index in [9.17, 15) is 4.79 Å². The summed E-state index contributed by atoms with van der Waals surface area (Å²) < 4.78 is 0. The SMILES string of the molecule is CCCNc1ccc(C)cc1C(=O)NCc1cn[nH]c1. The number of carbonyl (C=O) groups is 1. The van der Waals surface area contributed by atoms with Crippen molar-refractivity contribution in [2.45, 2.75) is 26.8 Å². The van der Waals surface area contributed by atoms with Gasteiger partial charge in [-0.1, -0.05) is 18.6 Å². The van der Waals surface area contributed by atoms with Crippen molar-refractivity contribution in [2.75, 3.05) is 11.9 Å². The van der Waals surface area contributed by atoms with Crippen LogP contribution in [0.15, 0.2) is 30.6 Å². The zero-order valence-corrected chi connectivity index (χ0v) is 11.9. The van der Waals surface area contributed by atoms with Gasteiger partial charge in [0.15, 0.2) is 0 Å². The summed E-state index contributed by atoms with van der Waals surface area (Å²) in [5.74, 6) is -0.0755. The highest BCUT2D eigenvalue weighted by atomic mass is 16.1. The lowest BCUT2D eigenvalue weighted by Gasteiger charge is -2.12. The molecule has 0 aliphatic carbocycles. The van der Waals surface area contributed by atoms with Gasteiger partial charge in [0, 0.05) is 30.5 Å². The molecule has 0 atom stereocenters. The minimum Gasteiger partial charge on any atom is -0.384 e. The van der Waals surface area contributed by atoms with Gasteiger partial charge in [0.1, 0.15) is 0 Å². The molecule has 0 aliphatic heterocycles. The summed E-state index contributed by atoms with van der Waals surface area (Å²) in [6.07, 6.45) is 4.49. The van der Waals surface area contributed by atoms with E-state index in [1.165, 1.54) is 0 Å². The highest BCUT2D eigenvalue weighted by Crippen LogP contribution is 2.17. The number of aryl methyl sites for hydroxylation is 1. The van der Waals surface area contributed by atoms with Gasteiger partial charge in [-0.25, -0.2) is 0 Å². The van der Waals surface area contributed by atoms with Crippen molar-refractivity contribution in [1.82, 2.24) is 15.5 Å². The molecule has 20 heavy (non-hydrogen) atoms. The van der Waals surface area contributed by atoms with E-state index >= 15 is 0 Å². The Morgan fingerprint density at radius 2 is 2.25 bits per heavy atom. The Morgan fingerprint density at radius 3 is 2.95 bits per heavy atom. The highest BCUT2D eigenvalue weighted by Gasteiger charge is 2.11. The molecular weight excluding hydrogens is 252 g/mol. The topological polar surface area (TPSA) is 69.8 Å². The fraction of sp³-hybridized carbons (Fsp3) is 0.333. The number of H-pyrrole nitrogens is 1. The first-order chi connectivity index (χ1) is 9.70. The Kier molecular flexibility index (Phi) is 4.76. The van der Waals surface area contributed by atoms with Crippen LogP contribution in [0.25, 0.3) is 0 Å². The molecule has 1 heterocycles. The molecule has 5 heteroatoms. The molecule has 1 aromatic carbocycles. The van der Waals surface area contributed by atoms with E-state index in [2.05, 4.69) is 27.8 Å². The van der Waals surface area contributed by atoms with Crippen molar-refractivity contribution in [3.05, 3.63) is 47.3 Å². The highest BCUT2D eigenvalue weighted by molar-refractivity contribution is 5.99. The second kappa shape index (κ2) is 6.75. The Labute approximate surface area is 118 Å². The number of benzene rings is 1. The van der Waals surface area contributed by atoms with Crippen LogP contribution < -0.4 is 10.6 Å². The molecule has 0 saturated carbocycles. The predicted octanol–water partition coefficient (Wildman–Crippen LogP) is 2.47. The summed E-state index contributed by atoms with van der Waals surface area (Å²) >= 11 is 0. The minimum atomic E-state index is -0.0755. The zero-order valence-electron chi connectivity index (χ0n) is 11.9. The number of hydrogen-bond acceptors (Lipinski definition) is 3. The fourth-order valence-corrected chi connectivity index (χ4v) is 1.91. The molecule has 2 rings (SSSR count). The number of anilines is 1. The van der Waals surface area contributed by atoms with Gasteiger partial charge >= 0.3 is 0 Å². The first kappa shape index (κ1) is 14.1. The molecule has 1 amide bonds. The summed E-state index contributed by atoms with van der Waals surface area (Å²) in [4.78, 5) is 12.3. The van der Waals surface area contributed by atoms with Crippen LogP contribution in [0.1, 0.15) is 34.8 Å². The van der Waals surface area contributed by atoms with Crippen molar-refractivity contribution in [1.29, 1.82) is 0 Å². The summed E-state index contributed by atoms with van der Waals surface area (Å²) in [6, 6.07) is 5.87. The first-order valence-corrected chi connectivity index (χ1v) is 6.81. The van der Waals surface area contributed by atoms with Gasteiger partial charge in [0.2, 0.25) is 0 Å². The summed E-state index contributed by atoms with van der Waals surface area (Å²) in [6.45, 7) is 5.40. The molecule has 0 saturated heterocycles. The van der Waals surface area contributed by atoms with Gasteiger partial charge in [0.05, 0.1) is 11.8 Å². The van der Waals surface area contributed by atoms with Crippen molar-refractivity contribution in [2.24, 2.45) is 0 Å². The molecule has 0 unspecified atom stereocenters. The van der Waals surface area contributed by atoms with Crippen LogP contribution >= 0.6 is 0 Å². The Bertz CT molecular complexity index is 563. The standard InChI is InChI=1S/C15H20N4O/c1-3-6-16-14-5-4-11(2)7-13(14)15(20)17-8-12-9-18-19-10-12/h4-5,7,9-10,16H,3,6,8H2,1-2H3,(H,17,20)(H,18,19). The average molecular weight is 272 g/mol. The number of hydrogen-bond donors (Lipinski definition) is 3. The maximum atomic E-state index is 12.3. The second-order valence-corrected chi connectivity index (χ2v) is 4.77. The van der Waals surface area contributed by atoms with E-state index in [1.54, 1.807) is 12.4 Å². The van der Waals surface area contributed by atoms with Crippen LogP contribution in [0.3, 0.4) is 0 Å². The smallest absolute Gasteiger partial charge is 0.253 e. The molecule has 106 valence electrons. The van der Waals surface area contributed by atoms with Crippen LogP contribution in [-0.2, 0) is 6.54 Å². The summed E-state index contributed by atoms with van der Waals surface area (Å²) in [7, 11) is 0. The van der Waals surface area contributed by atoms with Crippen molar-refractivity contribution >= 4 is 11.6 Å². The predicted molar refractivity (Wildman–Crippen MR) is 79.7 cm³/mol. The number of nitrogens with zero attached hydrogens (tertiary/aromatic N) is 1. The molecule has 0 radical (unpaired) electrons. The van der Waals surface area contributed by atoms with Crippen LogP contribution in [0.2, 0.25) is 0 Å². The third-order valence-electron chi connectivity index (χ3n) is 2.99. The van der Waals surface area contributed by atoms with E-state index in [0.717, 1.165) is 29.8 Å². The van der Waals surface area contributed by atoms with Crippen LogP contribution in [0.4, 0.5) is 5.69 Å². The maximum absolute atomic E-state index is 12.3. The van der Waals surface area contributed by atoms with Crippen molar-refractivity contribution in [3.8, 4) is 0 Å². The summed E-state index contributed by atoms with van der Waals surface area (Å²) in [5, 5.41) is 12.8. The van der Waals surface area contributed by atoms with Gasteiger partial charge in [-0.15, -0.1) is 0 Å². The van der Waals surface area contributed by atoms with Crippen LogP contribution in [0, 0.1) is 6.92 Å². The first-order valence-electron chi connectivity index (χ1n) is 6.81. The Hall–Kier alpha value is -2.30. The second-order valence-electron chi connectivity index (χ2n) is 4.77. The number of amides is 1. The Balaban J connectivity index is 2.08. The number of rotatable bonds is 6. The number of carbonyl (C=O) groups excluding carboxylic acids is 1. The van der Waals surface area contributed by atoms with Gasteiger partial charge in [-0.3, -0.25) is 9.89 Å². The monoisotopic (exact) mass is 272 g/mol. The lowest BCUT2D eigenvalue weighted by atomic mass is 10.1. The zero-order chi connectivity index (χ0) is 14.4. The molecule has 0 aliphatic rings. The van der Waals surface area contributed by atoms with Gasteiger partial charge in [0.25, 0.3) is 5.91 Å².